The summed E-state index contributed by atoms with van der Waals surface area (Å²) in [5, 5.41) is 0. The van der Waals surface area contributed by atoms with Gasteiger partial charge in [-0.25, -0.2) is 4.98 Å². The topological polar surface area (TPSA) is 47.1 Å². The summed E-state index contributed by atoms with van der Waals surface area (Å²) in [7, 11) is 0. The minimum atomic E-state index is 0.234. The number of rotatable bonds is 3. The Labute approximate surface area is 113 Å². The summed E-state index contributed by atoms with van der Waals surface area (Å²) >= 11 is 0. The molecule has 2 aromatic rings. The molecule has 4 heteroatoms. The van der Waals surface area contributed by atoms with Crippen LogP contribution in [0.2, 0.25) is 0 Å². The third-order valence-corrected chi connectivity index (χ3v) is 3.93. The molecule has 1 aromatic heterocycles. The van der Waals surface area contributed by atoms with E-state index in [9.17, 15) is 0 Å². The van der Waals surface area contributed by atoms with Crippen LogP contribution < -0.4 is 10.6 Å². The first kappa shape index (κ1) is 12.2. The monoisotopic (exact) mass is 256 g/mol. The summed E-state index contributed by atoms with van der Waals surface area (Å²) in [5.41, 5.74) is 8.80. The number of nitrogens with zero attached hydrogens (tertiary/aromatic N) is 3. The van der Waals surface area contributed by atoms with Gasteiger partial charge in [-0.2, -0.15) is 0 Å². The summed E-state index contributed by atoms with van der Waals surface area (Å²) in [5.74, 6) is 1.03. The molecule has 1 aromatic carbocycles. The second-order valence-corrected chi connectivity index (χ2v) is 4.91. The van der Waals surface area contributed by atoms with Gasteiger partial charge in [0.2, 0.25) is 5.95 Å². The maximum absolute atomic E-state index is 6.03. The molecule has 100 valence electrons. The zero-order valence-corrected chi connectivity index (χ0v) is 11.3. The largest absolute Gasteiger partial charge is 0.334 e. The predicted octanol–water partition coefficient (Wildman–Crippen LogP) is 1.97. The number of anilines is 1. The fourth-order valence-corrected chi connectivity index (χ4v) is 2.95. The first-order chi connectivity index (χ1) is 9.35. The number of hydrogen-bond donors (Lipinski definition) is 1. The Bertz CT molecular complexity index is 561. The van der Waals surface area contributed by atoms with Crippen molar-refractivity contribution in [2.45, 2.75) is 25.9 Å². The van der Waals surface area contributed by atoms with Crippen LogP contribution in [0.15, 0.2) is 36.7 Å². The Kier molecular flexibility index (Phi) is 3.25. The summed E-state index contributed by atoms with van der Waals surface area (Å²) < 4.78 is 2.18. The molecule has 0 spiro atoms. The molecule has 0 bridgehead atoms. The fraction of sp³-hybridized carbons (Fsp3) is 0.400. The van der Waals surface area contributed by atoms with Crippen molar-refractivity contribution in [3.05, 3.63) is 47.8 Å². The molecule has 1 atom stereocenters. The molecule has 2 heterocycles. The van der Waals surface area contributed by atoms with E-state index >= 15 is 0 Å². The van der Waals surface area contributed by atoms with Crippen LogP contribution in [0, 0.1) is 0 Å². The van der Waals surface area contributed by atoms with Gasteiger partial charge in [-0.1, -0.05) is 24.3 Å². The first-order valence-electron chi connectivity index (χ1n) is 6.90. The Morgan fingerprint density at radius 2 is 2.21 bits per heavy atom. The average Bonchev–Trinajstić information content (AvgIpc) is 2.94. The van der Waals surface area contributed by atoms with Crippen molar-refractivity contribution in [1.82, 2.24) is 9.55 Å². The van der Waals surface area contributed by atoms with E-state index in [0.29, 0.717) is 6.54 Å². The molecular weight excluding hydrogens is 236 g/mol. The van der Waals surface area contributed by atoms with E-state index in [1.807, 2.05) is 12.4 Å². The van der Waals surface area contributed by atoms with E-state index in [4.69, 9.17) is 5.73 Å². The molecule has 1 aliphatic rings. The number of imidazole rings is 1. The smallest absolute Gasteiger partial charge is 0.206 e. The number of nitrogens with two attached hydrogens (primary N) is 1. The van der Waals surface area contributed by atoms with Gasteiger partial charge in [-0.05, 0) is 24.5 Å². The van der Waals surface area contributed by atoms with E-state index in [1.54, 1.807) is 0 Å². The summed E-state index contributed by atoms with van der Waals surface area (Å²) in [6.45, 7) is 4.68. The molecule has 0 saturated heterocycles. The zero-order valence-electron chi connectivity index (χ0n) is 11.3. The SMILES string of the molecule is CCn1ccnc1N1CCc2ccccc2C1CN. The molecule has 2 N–H and O–H groups in total. The first-order valence-corrected chi connectivity index (χ1v) is 6.90. The molecule has 0 fully saturated rings. The number of fused-ring (bicyclic) bond motifs is 1. The molecule has 0 amide bonds. The molecule has 1 unspecified atom stereocenters. The fourth-order valence-electron chi connectivity index (χ4n) is 2.95. The van der Waals surface area contributed by atoms with Crippen LogP contribution in [0.5, 0.6) is 0 Å². The molecule has 0 aliphatic carbocycles. The highest BCUT2D eigenvalue weighted by Crippen LogP contribution is 2.32. The molecule has 0 radical (unpaired) electrons. The lowest BCUT2D eigenvalue weighted by Crippen LogP contribution is -2.40. The van der Waals surface area contributed by atoms with Crippen LogP contribution in [-0.4, -0.2) is 22.6 Å². The maximum Gasteiger partial charge on any atom is 0.206 e. The molecule has 19 heavy (non-hydrogen) atoms. The number of aryl methyl sites for hydroxylation is 1. The quantitative estimate of drug-likeness (QED) is 0.913. The minimum absolute atomic E-state index is 0.234. The Morgan fingerprint density at radius 3 is 3.00 bits per heavy atom. The molecular formula is C15H20N4. The number of aromatic nitrogens is 2. The van der Waals surface area contributed by atoms with Crippen molar-refractivity contribution in [2.75, 3.05) is 18.0 Å². The predicted molar refractivity (Wildman–Crippen MR) is 77.2 cm³/mol. The Morgan fingerprint density at radius 1 is 1.37 bits per heavy atom. The van der Waals surface area contributed by atoms with Crippen LogP contribution in [0.4, 0.5) is 5.95 Å². The van der Waals surface area contributed by atoms with Crippen molar-refractivity contribution >= 4 is 5.95 Å². The van der Waals surface area contributed by atoms with Crippen molar-refractivity contribution in [3.63, 3.8) is 0 Å². The van der Waals surface area contributed by atoms with E-state index in [2.05, 4.69) is 45.6 Å². The van der Waals surface area contributed by atoms with Gasteiger partial charge >= 0.3 is 0 Å². The lowest BCUT2D eigenvalue weighted by molar-refractivity contribution is 0.560. The zero-order chi connectivity index (χ0) is 13.2. The van der Waals surface area contributed by atoms with Crippen molar-refractivity contribution in [1.29, 1.82) is 0 Å². The molecule has 3 rings (SSSR count). The van der Waals surface area contributed by atoms with Crippen LogP contribution in [0.25, 0.3) is 0 Å². The van der Waals surface area contributed by atoms with Gasteiger partial charge in [-0.15, -0.1) is 0 Å². The normalized spacial score (nSPS) is 18.4. The van der Waals surface area contributed by atoms with E-state index in [1.165, 1.54) is 11.1 Å². The third kappa shape index (κ3) is 2.02. The summed E-state index contributed by atoms with van der Waals surface area (Å²) in [4.78, 5) is 6.85. The standard InChI is InChI=1S/C15H20N4/c1-2-18-10-8-17-15(18)19-9-7-12-5-3-4-6-13(12)14(19)11-16/h3-6,8,10,14H,2,7,9,11,16H2,1H3. The van der Waals surface area contributed by atoms with Crippen molar-refractivity contribution in [2.24, 2.45) is 5.73 Å². The van der Waals surface area contributed by atoms with E-state index in [0.717, 1.165) is 25.5 Å². The Hall–Kier alpha value is -1.81. The van der Waals surface area contributed by atoms with Crippen LogP contribution in [-0.2, 0) is 13.0 Å². The lowest BCUT2D eigenvalue weighted by atomic mass is 9.93. The Balaban J connectivity index is 2.01. The summed E-state index contributed by atoms with van der Waals surface area (Å²) in [6, 6.07) is 8.84. The van der Waals surface area contributed by atoms with Gasteiger partial charge in [0.1, 0.15) is 0 Å². The van der Waals surface area contributed by atoms with Crippen LogP contribution in [0.3, 0.4) is 0 Å². The highest BCUT2D eigenvalue weighted by Gasteiger charge is 2.28. The van der Waals surface area contributed by atoms with Gasteiger partial charge in [0.25, 0.3) is 0 Å². The van der Waals surface area contributed by atoms with Gasteiger partial charge in [0, 0.05) is 32.0 Å². The molecule has 1 aliphatic heterocycles. The van der Waals surface area contributed by atoms with Crippen molar-refractivity contribution in [3.8, 4) is 0 Å². The highest BCUT2D eigenvalue weighted by atomic mass is 15.3. The number of benzene rings is 1. The van der Waals surface area contributed by atoms with Gasteiger partial charge < -0.3 is 15.2 Å². The summed E-state index contributed by atoms with van der Waals surface area (Å²) in [6.07, 6.45) is 4.96. The third-order valence-electron chi connectivity index (χ3n) is 3.93. The maximum atomic E-state index is 6.03. The number of hydrogen-bond acceptors (Lipinski definition) is 3. The van der Waals surface area contributed by atoms with E-state index in [-0.39, 0.29) is 6.04 Å². The van der Waals surface area contributed by atoms with Crippen LogP contribution >= 0.6 is 0 Å². The van der Waals surface area contributed by atoms with E-state index < -0.39 is 0 Å². The van der Waals surface area contributed by atoms with Crippen LogP contribution in [0.1, 0.15) is 24.1 Å². The van der Waals surface area contributed by atoms with Gasteiger partial charge in [0.15, 0.2) is 0 Å². The minimum Gasteiger partial charge on any atom is -0.334 e. The van der Waals surface area contributed by atoms with Crippen molar-refractivity contribution < 1.29 is 0 Å². The van der Waals surface area contributed by atoms with Gasteiger partial charge in [-0.3, -0.25) is 0 Å². The molecule has 4 nitrogen and oxygen atoms in total. The lowest BCUT2D eigenvalue weighted by Gasteiger charge is -2.37. The molecule has 0 saturated carbocycles. The highest BCUT2D eigenvalue weighted by molar-refractivity contribution is 5.44. The second kappa shape index (κ2) is 5.05. The second-order valence-electron chi connectivity index (χ2n) is 4.91. The average molecular weight is 256 g/mol. The van der Waals surface area contributed by atoms with Gasteiger partial charge in [0.05, 0.1) is 6.04 Å².